The molecule has 0 N–H and O–H groups in total. The summed E-state index contributed by atoms with van der Waals surface area (Å²) in [5, 5.41) is 0. The summed E-state index contributed by atoms with van der Waals surface area (Å²) in [5.74, 6) is -1.31. The number of rotatable bonds is 7. The summed E-state index contributed by atoms with van der Waals surface area (Å²) in [5.41, 5.74) is -0.712. The molecule has 0 saturated carbocycles. The minimum absolute atomic E-state index is 0.0599. The van der Waals surface area contributed by atoms with Crippen LogP contribution in [0.3, 0.4) is 0 Å². The molecule has 1 aromatic rings. The fourth-order valence-corrected chi connectivity index (χ4v) is 3.23. The Morgan fingerprint density at radius 2 is 1.76 bits per heavy atom. The van der Waals surface area contributed by atoms with E-state index in [-0.39, 0.29) is 31.8 Å². The summed E-state index contributed by atoms with van der Waals surface area (Å²) in [4.78, 5) is 27.6. The second kappa shape index (κ2) is 10.00. The number of piperidine rings is 1. The van der Waals surface area contributed by atoms with E-state index in [1.807, 2.05) is 0 Å². The highest BCUT2D eigenvalue weighted by molar-refractivity contribution is 5.94. The molecule has 162 valence electrons. The van der Waals surface area contributed by atoms with E-state index in [1.165, 1.54) is 12.0 Å². The molecule has 0 aromatic heterocycles. The molecule has 1 heterocycles. The molecule has 0 radical (unpaired) electrons. The first-order chi connectivity index (χ1) is 13.6. The zero-order valence-electron chi connectivity index (χ0n) is 15.9. The third-order valence-corrected chi connectivity index (χ3v) is 4.83. The van der Waals surface area contributed by atoms with Gasteiger partial charge in [0.2, 0.25) is 5.91 Å². The highest BCUT2D eigenvalue weighted by atomic mass is 19.4. The van der Waals surface area contributed by atoms with Gasteiger partial charge in [0.15, 0.2) is 0 Å². The molecule has 2 rings (SSSR count). The van der Waals surface area contributed by atoms with Crippen LogP contribution < -0.4 is 0 Å². The van der Waals surface area contributed by atoms with Crippen LogP contribution in [-0.4, -0.2) is 67.9 Å². The monoisotopic (exact) mass is 422 g/mol. The standard InChI is InChI=1S/C19H23F5N2O3/c1-29-11-10-26(12-16(20)21)18(28)14-6-8-25(9-7-14)17(27)13-2-4-15(5-3-13)19(22,23)24/h2-5,14,16H,6-12H2,1H3. The summed E-state index contributed by atoms with van der Waals surface area (Å²) < 4.78 is 68.2. The molecule has 0 aliphatic carbocycles. The molecule has 1 aromatic carbocycles. The normalized spacial score (nSPS) is 15.6. The second-order valence-corrected chi connectivity index (χ2v) is 6.81. The first kappa shape index (κ1) is 23.1. The molecule has 2 amide bonds. The van der Waals surface area contributed by atoms with E-state index >= 15 is 0 Å². The van der Waals surface area contributed by atoms with Crippen molar-refractivity contribution >= 4 is 11.8 Å². The van der Waals surface area contributed by atoms with Crippen LogP contribution in [0.1, 0.15) is 28.8 Å². The van der Waals surface area contributed by atoms with E-state index in [1.54, 1.807) is 0 Å². The lowest BCUT2D eigenvalue weighted by atomic mass is 9.94. The van der Waals surface area contributed by atoms with Gasteiger partial charge in [-0.1, -0.05) is 0 Å². The summed E-state index contributed by atoms with van der Waals surface area (Å²) in [6.45, 7) is -0.0207. The van der Waals surface area contributed by atoms with Crippen molar-refractivity contribution in [1.29, 1.82) is 0 Å². The van der Waals surface area contributed by atoms with Crippen molar-refractivity contribution < 1.29 is 36.3 Å². The van der Waals surface area contributed by atoms with Crippen molar-refractivity contribution in [3.05, 3.63) is 35.4 Å². The Bertz CT molecular complexity index is 686. The zero-order valence-corrected chi connectivity index (χ0v) is 15.9. The van der Waals surface area contributed by atoms with Gasteiger partial charge in [-0.15, -0.1) is 0 Å². The molecule has 0 atom stereocenters. The van der Waals surface area contributed by atoms with E-state index in [0.29, 0.717) is 12.8 Å². The Labute approximate surface area is 165 Å². The predicted octanol–water partition coefficient (Wildman–Crippen LogP) is 3.30. The topological polar surface area (TPSA) is 49.9 Å². The summed E-state index contributed by atoms with van der Waals surface area (Å²) in [6.07, 6.45) is -6.53. The molecule has 1 saturated heterocycles. The van der Waals surface area contributed by atoms with Crippen molar-refractivity contribution in [1.82, 2.24) is 9.80 Å². The maximum atomic E-state index is 12.7. The zero-order chi connectivity index (χ0) is 21.6. The Kier molecular flexibility index (Phi) is 7.95. The van der Waals surface area contributed by atoms with Crippen LogP contribution in [0.2, 0.25) is 0 Å². The summed E-state index contributed by atoms with van der Waals surface area (Å²) in [7, 11) is 1.41. The van der Waals surface area contributed by atoms with Gasteiger partial charge in [-0.05, 0) is 37.1 Å². The Morgan fingerprint density at radius 1 is 1.17 bits per heavy atom. The van der Waals surface area contributed by atoms with Gasteiger partial charge in [0, 0.05) is 38.2 Å². The van der Waals surface area contributed by atoms with Crippen molar-refractivity contribution in [2.75, 3.05) is 39.9 Å². The number of hydrogen-bond acceptors (Lipinski definition) is 3. The minimum Gasteiger partial charge on any atom is -0.383 e. The minimum atomic E-state index is -4.48. The van der Waals surface area contributed by atoms with Crippen LogP contribution in [0, 0.1) is 5.92 Å². The van der Waals surface area contributed by atoms with Crippen LogP contribution in [0.5, 0.6) is 0 Å². The molecule has 0 unspecified atom stereocenters. The maximum absolute atomic E-state index is 12.7. The highest BCUT2D eigenvalue weighted by Gasteiger charge is 2.33. The molecule has 1 fully saturated rings. The van der Waals surface area contributed by atoms with Crippen LogP contribution in [0.4, 0.5) is 22.0 Å². The predicted molar refractivity (Wildman–Crippen MR) is 94.5 cm³/mol. The average molecular weight is 422 g/mol. The van der Waals surface area contributed by atoms with E-state index in [0.717, 1.165) is 29.2 Å². The van der Waals surface area contributed by atoms with Crippen LogP contribution in [0.25, 0.3) is 0 Å². The van der Waals surface area contributed by atoms with E-state index in [4.69, 9.17) is 4.74 Å². The summed E-state index contributed by atoms with van der Waals surface area (Å²) >= 11 is 0. The number of carbonyl (C=O) groups excluding carboxylic acids is 2. The van der Waals surface area contributed by atoms with Gasteiger partial charge in [0.25, 0.3) is 12.3 Å². The second-order valence-electron chi connectivity index (χ2n) is 6.81. The molecule has 1 aliphatic heterocycles. The van der Waals surface area contributed by atoms with Crippen LogP contribution in [-0.2, 0) is 15.7 Å². The van der Waals surface area contributed by atoms with Gasteiger partial charge < -0.3 is 14.5 Å². The Morgan fingerprint density at radius 3 is 2.24 bits per heavy atom. The number of ether oxygens (including phenoxy) is 1. The van der Waals surface area contributed by atoms with Gasteiger partial charge in [-0.3, -0.25) is 9.59 Å². The molecular weight excluding hydrogens is 399 g/mol. The fraction of sp³-hybridized carbons (Fsp3) is 0.579. The number of amides is 2. The first-order valence-corrected chi connectivity index (χ1v) is 9.16. The molecule has 0 bridgehead atoms. The molecule has 29 heavy (non-hydrogen) atoms. The number of hydrogen-bond donors (Lipinski definition) is 0. The van der Waals surface area contributed by atoms with Gasteiger partial charge in [-0.25, -0.2) is 8.78 Å². The Balaban J connectivity index is 1.94. The third kappa shape index (κ3) is 6.38. The van der Waals surface area contributed by atoms with E-state index in [9.17, 15) is 31.5 Å². The number of alkyl halides is 5. The number of nitrogens with zero attached hydrogens (tertiary/aromatic N) is 2. The smallest absolute Gasteiger partial charge is 0.383 e. The number of likely N-dealkylation sites (tertiary alicyclic amines) is 1. The number of carbonyl (C=O) groups is 2. The molecule has 10 heteroatoms. The number of halogens is 5. The number of methoxy groups -OCH3 is 1. The lowest BCUT2D eigenvalue weighted by molar-refractivity contribution is -0.139. The van der Waals surface area contributed by atoms with Crippen molar-refractivity contribution in [2.24, 2.45) is 5.92 Å². The maximum Gasteiger partial charge on any atom is 0.416 e. The number of benzene rings is 1. The van der Waals surface area contributed by atoms with E-state index < -0.39 is 42.4 Å². The van der Waals surface area contributed by atoms with Crippen molar-refractivity contribution in [3.63, 3.8) is 0 Å². The fourth-order valence-electron chi connectivity index (χ4n) is 3.23. The molecule has 1 aliphatic rings. The van der Waals surface area contributed by atoms with Crippen molar-refractivity contribution in [3.8, 4) is 0 Å². The lowest BCUT2D eigenvalue weighted by Gasteiger charge is -2.34. The molecular formula is C19H23F5N2O3. The lowest BCUT2D eigenvalue weighted by Crippen LogP contribution is -2.46. The summed E-state index contributed by atoms with van der Waals surface area (Å²) in [6, 6.07) is 3.94. The van der Waals surface area contributed by atoms with Gasteiger partial charge in [0.1, 0.15) is 0 Å². The van der Waals surface area contributed by atoms with E-state index in [2.05, 4.69) is 0 Å². The average Bonchev–Trinajstić information content (AvgIpc) is 2.69. The highest BCUT2D eigenvalue weighted by Crippen LogP contribution is 2.29. The third-order valence-electron chi connectivity index (χ3n) is 4.83. The largest absolute Gasteiger partial charge is 0.416 e. The van der Waals surface area contributed by atoms with Crippen LogP contribution in [0.15, 0.2) is 24.3 Å². The Hall–Kier alpha value is -2.23. The van der Waals surface area contributed by atoms with Crippen molar-refractivity contribution in [2.45, 2.75) is 25.4 Å². The molecule has 5 nitrogen and oxygen atoms in total. The van der Waals surface area contributed by atoms with Gasteiger partial charge >= 0.3 is 6.18 Å². The molecule has 0 spiro atoms. The van der Waals surface area contributed by atoms with Gasteiger partial charge in [-0.2, -0.15) is 13.2 Å². The van der Waals surface area contributed by atoms with Crippen LogP contribution >= 0.6 is 0 Å². The van der Waals surface area contributed by atoms with Gasteiger partial charge in [0.05, 0.1) is 18.7 Å². The SMILES string of the molecule is COCCN(CC(F)F)C(=O)C1CCN(C(=O)c2ccc(C(F)(F)F)cc2)CC1. The first-order valence-electron chi connectivity index (χ1n) is 9.16. The quantitative estimate of drug-likeness (QED) is 0.634.